The lowest BCUT2D eigenvalue weighted by molar-refractivity contribution is 0.0695. The molecule has 1 N–H and O–H groups in total. The highest BCUT2D eigenvalue weighted by Crippen LogP contribution is 2.46. The molecule has 1 aliphatic rings. The van der Waals surface area contributed by atoms with Crippen LogP contribution in [0.25, 0.3) is 10.3 Å². The van der Waals surface area contributed by atoms with Crippen molar-refractivity contribution in [1.82, 2.24) is 9.97 Å². The maximum Gasteiger partial charge on any atom is 0.337 e. The summed E-state index contributed by atoms with van der Waals surface area (Å²) < 4.78 is 1.90. The average Bonchev–Trinajstić information content (AvgIpc) is 3.05. The zero-order valence-corrected chi connectivity index (χ0v) is 10.8. The van der Waals surface area contributed by atoms with Crippen LogP contribution in [-0.2, 0) is 0 Å². The Morgan fingerprint density at radius 3 is 2.94 bits per heavy atom. The summed E-state index contributed by atoms with van der Waals surface area (Å²) in [7, 11) is 0. The molecule has 88 valence electrons. The second kappa shape index (κ2) is 3.96. The Hall–Kier alpha value is -1.14. The number of fused-ring (bicyclic) bond motifs is 1. The molecule has 6 heteroatoms. The predicted octanol–water partition coefficient (Wildman–Crippen LogP) is 2.99. The van der Waals surface area contributed by atoms with Gasteiger partial charge in [0, 0.05) is 6.20 Å². The van der Waals surface area contributed by atoms with Crippen LogP contribution < -0.4 is 0 Å². The molecule has 2 heterocycles. The molecule has 2 aromatic heterocycles. The van der Waals surface area contributed by atoms with E-state index in [-0.39, 0.29) is 0 Å². The molecule has 1 fully saturated rings. The predicted molar refractivity (Wildman–Crippen MR) is 68.1 cm³/mol. The number of aromatic nitrogens is 2. The fraction of sp³-hybridized carbons (Fsp3) is 0.364. The molecular formula is C11H10N2O2S2. The third-order valence-corrected chi connectivity index (χ3v) is 4.89. The van der Waals surface area contributed by atoms with Crippen molar-refractivity contribution < 1.29 is 9.90 Å². The van der Waals surface area contributed by atoms with Crippen molar-refractivity contribution in [2.75, 3.05) is 6.26 Å². The van der Waals surface area contributed by atoms with Crippen LogP contribution in [0.5, 0.6) is 0 Å². The molecule has 3 rings (SSSR count). The summed E-state index contributed by atoms with van der Waals surface area (Å²) in [6.45, 7) is 0. The van der Waals surface area contributed by atoms with E-state index in [4.69, 9.17) is 0 Å². The number of carboxylic acids is 1. The molecule has 0 amide bonds. The SMILES string of the molecule is CSc1nc2ncc(C(=O)O)c(C3CC3)c2s1. The number of thioether (sulfide) groups is 1. The summed E-state index contributed by atoms with van der Waals surface area (Å²) >= 11 is 3.12. The van der Waals surface area contributed by atoms with Gasteiger partial charge < -0.3 is 5.11 Å². The topological polar surface area (TPSA) is 63.1 Å². The molecule has 0 bridgehead atoms. The number of aromatic carboxylic acids is 1. The highest BCUT2D eigenvalue weighted by Gasteiger charge is 2.31. The van der Waals surface area contributed by atoms with Gasteiger partial charge in [0.15, 0.2) is 9.99 Å². The molecule has 0 radical (unpaired) electrons. The molecule has 0 spiro atoms. The first-order valence-electron chi connectivity index (χ1n) is 5.27. The normalized spacial score (nSPS) is 15.4. The summed E-state index contributed by atoms with van der Waals surface area (Å²) in [5.41, 5.74) is 1.97. The van der Waals surface area contributed by atoms with Gasteiger partial charge in [-0.3, -0.25) is 0 Å². The number of nitrogens with zero attached hydrogens (tertiary/aromatic N) is 2. The molecule has 1 saturated carbocycles. The summed E-state index contributed by atoms with van der Waals surface area (Å²) in [6.07, 6.45) is 5.56. The largest absolute Gasteiger partial charge is 0.478 e. The molecular weight excluding hydrogens is 256 g/mol. The van der Waals surface area contributed by atoms with Crippen molar-refractivity contribution in [3.63, 3.8) is 0 Å². The zero-order valence-electron chi connectivity index (χ0n) is 9.14. The van der Waals surface area contributed by atoms with Crippen molar-refractivity contribution in [3.05, 3.63) is 17.3 Å². The van der Waals surface area contributed by atoms with Gasteiger partial charge in [-0.2, -0.15) is 0 Å². The van der Waals surface area contributed by atoms with Gasteiger partial charge in [0.05, 0.1) is 10.3 Å². The van der Waals surface area contributed by atoms with Crippen LogP contribution >= 0.6 is 23.1 Å². The maximum absolute atomic E-state index is 11.2. The van der Waals surface area contributed by atoms with Crippen LogP contribution in [0, 0.1) is 0 Å². The van der Waals surface area contributed by atoms with E-state index in [1.54, 1.807) is 23.1 Å². The minimum Gasteiger partial charge on any atom is -0.478 e. The lowest BCUT2D eigenvalue weighted by Crippen LogP contribution is -2.02. The molecule has 4 nitrogen and oxygen atoms in total. The van der Waals surface area contributed by atoms with E-state index < -0.39 is 5.97 Å². The van der Waals surface area contributed by atoms with Gasteiger partial charge in [0.25, 0.3) is 0 Å². The zero-order chi connectivity index (χ0) is 12.0. The average molecular weight is 266 g/mol. The van der Waals surface area contributed by atoms with Crippen LogP contribution in [0.1, 0.15) is 34.7 Å². The molecule has 0 atom stereocenters. The van der Waals surface area contributed by atoms with E-state index in [0.717, 1.165) is 27.4 Å². The van der Waals surface area contributed by atoms with Gasteiger partial charge >= 0.3 is 5.97 Å². The van der Waals surface area contributed by atoms with Crippen molar-refractivity contribution in [2.24, 2.45) is 0 Å². The van der Waals surface area contributed by atoms with Crippen molar-refractivity contribution in [1.29, 1.82) is 0 Å². The van der Waals surface area contributed by atoms with Crippen LogP contribution in [0.3, 0.4) is 0 Å². The first-order valence-corrected chi connectivity index (χ1v) is 7.31. The van der Waals surface area contributed by atoms with Crippen LogP contribution in [0.15, 0.2) is 10.5 Å². The van der Waals surface area contributed by atoms with E-state index in [9.17, 15) is 9.90 Å². The number of carboxylic acid groups (broad SMARTS) is 1. The van der Waals surface area contributed by atoms with Gasteiger partial charge in [-0.1, -0.05) is 11.8 Å². The van der Waals surface area contributed by atoms with E-state index in [1.807, 2.05) is 6.26 Å². The van der Waals surface area contributed by atoms with Gasteiger partial charge in [0.2, 0.25) is 0 Å². The van der Waals surface area contributed by atoms with Gasteiger partial charge in [-0.05, 0) is 30.6 Å². The summed E-state index contributed by atoms with van der Waals surface area (Å²) in [5.74, 6) is -0.498. The lowest BCUT2D eigenvalue weighted by atomic mass is 10.1. The Balaban J connectivity index is 2.29. The monoisotopic (exact) mass is 266 g/mol. The third kappa shape index (κ3) is 1.81. The number of carbonyl (C=O) groups is 1. The van der Waals surface area contributed by atoms with E-state index in [2.05, 4.69) is 9.97 Å². The van der Waals surface area contributed by atoms with Crippen molar-refractivity contribution >= 4 is 39.4 Å². The number of hydrogen-bond acceptors (Lipinski definition) is 5. The number of rotatable bonds is 3. The summed E-state index contributed by atoms with van der Waals surface area (Å²) in [5, 5.41) is 9.20. The van der Waals surface area contributed by atoms with E-state index in [0.29, 0.717) is 17.1 Å². The molecule has 2 aromatic rings. The number of pyridine rings is 1. The lowest BCUT2D eigenvalue weighted by Gasteiger charge is -2.04. The molecule has 0 aliphatic heterocycles. The molecule has 17 heavy (non-hydrogen) atoms. The molecule has 0 aromatic carbocycles. The minimum atomic E-state index is -0.889. The fourth-order valence-electron chi connectivity index (χ4n) is 1.91. The molecule has 0 unspecified atom stereocenters. The number of hydrogen-bond donors (Lipinski definition) is 1. The van der Waals surface area contributed by atoms with Crippen LogP contribution in [0.2, 0.25) is 0 Å². The Bertz CT molecular complexity index is 605. The van der Waals surface area contributed by atoms with Crippen molar-refractivity contribution in [2.45, 2.75) is 23.1 Å². The van der Waals surface area contributed by atoms with Crippen molar-refractivity contribution in [3.8, 4) is 0 Å². The van der Waals surface area contributed by atoms with E-state index >= 15 is 0 Å². The van der Waals surface area contributed by atoms with Crippen LogP contribution in [0.4, 0.5) is 0 Å². The fourth-order valence-corrected chi connectivity index (χ4v) is 3.55. The molecule has 0 saturated heterocycles. The highest BCUT2D eigenvalue weighted by atomic mass is 32.2. The van der Waals surface area contributed by atoms with Gasteiger partial charge in [-0.25, -0.2) is 14.8 Å². The smallest absolute Gasteiger partial charge is 0.337 e. The molecule has 1 aliphatic carbocycles. The van der Waals surface area contributed by atoms with Gasteiger partial charge in [0.1, 0.15) is 0 Å². The van der Waals surface area contributed by atoms with Crippen LogP contribution in [-0.4, -0.2) is 27.3 Å². The maximum atomic E-state index is 11.2. The second-order valence-electron chi connectivity index (χ2n) is 4.00. The third-order valence-electron chi connectivity index (χ3n) is 2.83. The highest BCUT2D eigenvalue weighted by molar-refractivity contribution is 8.00. The first-order chi connectivity index (χ1) is 8.20. The van der Waals surface area contributed by atoms with Gasteiger partial charge in [-0.15, -0.1) is 11.3 Å². The Labute approximate surface area is 106 Å². The second-order valence-corrected chi connectivity index (χ2v) is 6.05. The number of thiazole rings is 1. The minimum absolute atomic E-state index is 0.344. The summed E-state index contributed by atoms with van der Waals surface area (Å²) in [4.78, 5) is 19.7. The first kappa shape index (κ1) is 11.0. The quantitative estimate of drug-likeness (QED) is 0.865. The Kier molecular flexibility index (Phi) is 2.56. The Morgan fingerprint density at radius 1 is 1.59 bits per heavy atom. The Morgan fingerprint density at radius 2 is 2.35 bits per heavy atom. The standard InChI is InChI=1S/C11H10N2O2S2/c1-16-11-13-9-8(17-11)7(5-2-3-5)6(4-12-9)10(14)15/h4-5H,2-3H2,1H3,(H,14,15). The van der Waals surface area contributed by atoms with E-state index in [1.165, 1.54) is 6.20 Å². The summed E-state index contributed by atoms with van der Waals surface area (Å²) in [6, 6.07) is 0.